The summed E-state index contributed by atoms with van der Waals surface area (Å²) in [4.78, 5) is 6.37. The van der Waals surface area contributed by atoms with Crippen molar-refractivity contribution in [2.75, 3.05) is 11.4 Å². The first-order valence-electron chi connectivity index (χ1n) is 4.98. The summed E-state index contributed by atoms with van der Waals surface area (Å²) in [6.07, 6.45) is 1.07. The van der Waals surface area contributed by atoms with Crippen molar-refractivity contribution in [3.63, 3.8) is 0 Å². The molecule has 0 atom stereocenters. The molecule has 0 saturated carbocycles. The average Bonchev–Trinajstić information content (AvgIpc) is 2.23. The number of fused-ring (bicyclic) bond motifs is 1. The number of benzene rings is 1. The molecule has 1 aliphatic rings. The second kappa shape index (κ2) is 3.70. The van der Waals surface area contributed by atoms with Crippen molar-refractivity contribution in [3.05, 3.63) is 29.8 Å². The highest BCUT2D eigenvalue weighted by Gasteiger charge is 2.17. The molecule has 0 spiro atoms. The van der Waals surface area contributed by atoms with Crippen molar-refractivity contribution in [1.29, 1.82) is 0 Å². The predicted molar refractivity (Wildman–Crippen MR) is 59.4 cm³/mol. The van der Waals surface area contributed by atoms with Gasteiger partial charge in [0.2, 0.25) is 0 Å². The molecule has 74 valence electrons. The number of hydrogen-bond acceptors (Lipinski definition) is 3. The van der Waals surface area contributed by atoms with Gasteiger partial charge in [-0.2, -0.15) is 0 Å². The highest BCUT2D eigenvalue weighted by Crippen LogP contribution is 2.24. The Morgan fingerprint density at radius 3 is 3.00 bits per heavy atom. The molecule has 0 unspecified atom stereocenters. The zero-order valence-electron chi connectivity index (χ0n) is 8.40. The number of para-hydroxylation sites is 1. The Morgan fingerprint density at radius 1 is 1.43 bits per heavy atom. The third kappa shape index (κ3) is 1.45. The van der Waals surface area contributed by atoms with Gasteiger partial charge in [-0.15, -0.1) is 0 Å². The molecule has 2 N–H and O–H groups in total. The molecule has 2 rings (SSSR count). The van der Waals surface area contributed by atoms with E-state index in [0.717, 1.165) is 13.0 Å². The van der Waals surface area contributed by atoms with Crippen LogP contribution >= 0.6 is 0 Å². The summed E-state index contributed by atoms with van der Waals surface area (Å²) in [5.41, 5.74) is 8.33. The minimum Gasteiger partial charge on any atom is -0.370 e. The third-order valence-corrected chi connectivity index (χ3v) is 2.42. The summed E-state index contributed by atoms with van der Waals surface area (Å²) in [7, 11) is 0. The first-order chi connectivity index (χ1) is 6.83. The second-order valence-electron chi connectivity index (χ2n) is 3.45. The van der Waals surface area contributed by atoms with Gasteiger partial charge in [0.25, 0.3) is 0 Å². The highest BCUT2D eigenvalue weighted by molar-refractivity contribution is 5.96. The number of rotatable bonds is 2. The van der Waals surface area contributed by atoms with Gasteiger partial charge in [-0.25, -0.2) is 4.99 Å². The molecule has 14 heavy (non-hydrogen) atoms. The number of guanidine groups is 1. The van der Waals surface area contributed by atoms with Crippen LogP contribution in [0.25, 0.3) is 0 Å². The summed E-state index contributed by atoms with van der Waals surface area (Å²) >= 11 is 0. The number of aliphatic imine (C=N–C) groups is 1. The van der Waals surface area contributed by atoms with Crippen LogP contribution in [0.15, 0.2) is 29.3 Å². The molecular weight excluding hydrogens is 174 g/mol. The van der Waals surface area contributed by atoms with E-state index in [4.69, 9.17) is 5.73 Å². The van der Waals surface area contributed by atoms with Crippen LogP contribution in [-0.2, 0) is 6.54 Å². The first-order valence-corrected chi connectivity index (χ1v) is 4.98. The fourth-order valence-electron chi connectivity index (χ4n) is 1.74. The lowest BCUT2D eigenvalue weighted by atomic mass is 10.1. The van der Waals surface area contributed by atoms with Crippen molar-refractivity contribution in [2.24, 2.45) is 10.7 Å². The maximum Gasteiger partial charge on any atom is 0.196 e. The van der Waals surface area contributed by atoms with E-state index in [9.17, 15) is 0 Å². The van der Waals surface area contributed by atoms with Gasteiger partial charge in [0.15, 0.2) is 5.96 Å². The lowest BCUT2D eigenvalue weighted by Crippen LogP contribution is -2.40. The Hall–Kier alpha value is -1.51. The Bertz CT molecular complexity index is 357. The van der Waals surface area contributed by atoms with Crippen LogP contribution in [0.5, 0.6) is 0 Å². The molecule has 0 bridgehead atoms. The number of nitrogens with two attached hydrogens (primary N) is 1. The molecule has 1 aliphatic heterocycles. The molecular formula is C11H15N3. The van der Waals surface area contributed by atoms with E-state index in [1.807, 2.05) is 12.1 Å². The number of nitrogens with zero attached hydrogens (tertiary/aromatic N) is 2. The predicted octanol–water partition coefficient (Wildman–Crippen LogP) is 1.73. The molecule has 1 aromatic rings. The molecule has 0 fully saturated rings. The zero-order valence-corrected chi connectivity index (χ0v) is 8.40. The van der Waals surface area contributed by atoms with E-state index >= 15 is 0 Å². The molecule has 1 aromatic carbocycles. The molecule has 0 aliphatic carbocycles. The van der Waals surface area contributed by atoms with Crippen LogP contribution in [0.3, 0.4) is 0 Å². The summed E-state index contributed by atoms with van der Waals surface area (Å²) < 4.78 is 0. The summed E-state index contributed by atoms with van der Waals surface area (Å²) in [5.74, 6) is 0.644. The molecule has 0 aromatic heterocycles. The normalized spacial score (nSPS) is 14.9. The second-order valence-corrected chi connectivity index (χ2v) is 3.45. The SMILES string of the molecule is CCCN1C(N)=NCc2ccccc21. The topological polar surface area (TPSA) is 41.6 Å². The lowest BCUT2D eigenvalue weighted by Gasteiger charge is -2.28. The van der Waals surface area contributed by atoms with Gasteiger partial charge in [0, 0.05) is 12.2 Å². The van der Waals surface area contributed by atoms with Crippen molar-refractivity contribution in [2.45, 2.75) is 19.9 Å². The molecule has 0 radical (unpaired) electrons. The smallest absolute Gasteiger partial charge is 0.196 e. The highest BCUT2D eigenvalue weighted by atomic mass is 15.3. The molecule has 0 saturated heterocycles. The monoisotopic (exact) mass is 189 g/mol. The van der Waals surface area contributed by atoms with Gasteiger partial charge in [0.05, 0.1) is 6.54 Å². The van der Waals surface area contributed by atoms with E-state index in [1.165, 1.54) is 11.3 Å². The van der Waals surface area contributed by atoms with Crippen molar-refractivity contribution >= 4 is 11.6 Å². The van der Waals surface area contributed by atoms with E-state index in [2.05, 4.69) is 28.9 Å². The third-order valence-electron chi connectivity index (χ3n) is 2.42. The van der Waals surface area contributed by atoms with E-state index < -0.39 is 0 Å². The van der Waals surface area contributed by atoms with E-state index in [-0.39, 0.29) is 0 Å². The van der Waals surface area contributed by atoms with Crippen molar-refractivity contribution in [1.82, 2.24) is 0 Å². The van der Waals surface area contributed by atoms with Gasteiger partial charge in [-0.3, -0.25) is 0 Å². The lowest BCUT2D eigenvalue weighted by molar-refractivity contribution is 0.861. The molecule has 3 nitrogen and oxygen atoms in total. The Morgan fingerprint density at radius 2 is 2.21 bits per heavy atom. The van der Waals surface area contributed by atoms with Crippen molar-refractivity contribution in [3.8, 4) is 0 Å². The van der Waals surface area contributed by atoms with Crippen molar-refractivity contribution < 1.29 is 0 Å². The van der Waals surface area contributed by atoms with Gasteiger partial charge >= 0.3 is 0 Å². The maximum atomic E-state index is 5.86. The fourth-order valence-corrected chi connectivity index (χ4v) is 1.74. The van der Waals surface area contributed by atoms with Gasteiger partial charge in [-0.05, 0) is 18.1 Å². The Balaban J connectivity index is 2.37. The minimum atomic E-state index is 0.644. The molecule has 1 heterocycles. The largest absolute Gasteiger partial charge is 0.370 e. The summed E-state index contributed by atoms with van der Waals surface area (Å²) in [6, 6.07) is 8.29. The average molecular weight is 189 g/mol. The first kappa shape index (κ1) is 9.06. The van der Waals surface area contributed by atoms with Crippen LogP contribution < -0.4 is 10.6 Å². The zero-order chi connectivity index (χ0) is 9.97. The van der Waals surface area contributed by atoms with Crippen LogP contribution in [-0.4, -0.2) is 12.5 Å². The summed E-state index contributed by atoms with van der Waals surface area (Å²) in [5, 5.41) is 0. The van der Waals surface area contributed by atoms with Gasteiger partial charge in [0.1, 0.15) is 0 Å². The summed E-state index contributed by atoms with van der Waals surface area (Å²) in [6.45, 7) is 3.79. The van der Waals surface area contributed by atoms with E-state index in [1.54, 1.807) is 0 Å². The quantitative estimate of drug-likeness (QED) is 0.769. The van der Waals surface area contributed by atoms with Crippen LogP contribution in [0.2, 0.25) is 0 Å². The fraction of sp³-hybridized carbons (Fsp3) is 0.364. The number of anilines is 1. The standard InChI is InChI=1S/C11H15N3/c1-2-7-14-10-6-4-3-5-9(10)8-13-11(14)12/h3-6H,2,7-8H2,1H3,(H2,12,13). The maximum absolute atomic E-state index is 5.86. The molecule has 3 heteroatoms. The Kier molecular flexibility index (Phi) is 2.39. The number of hydrogen-bond donors (Lipinski definition) is 1. The van der Waals surface area contributed by atoms with Crippen LogP contribution in [0.1, 0.15) is 18.9 Å². The van der Waals surface area contributed by atoms with Crippen LogP contribution in [0.4, 0.5) is 5.69 Å². The molecule has 0 amide bonds. The van der Waals surface area contributed by atoms with Gasteiger partial charge in [-0.1, -0.05) is 25.1 Å². The van der Waals surface area contributed by atoms with Gasteiger partial charge < -0.3 is 10.6 Å². The van der Waals surface area contributed by atoms with E-state index in [0.29, 0.717) is 12.5 Å². The minimum absolute atomic E-state index is 0.644. The van der Waals surface area contributed by atoms with Crippen LogP contribution in [0, 0.1) is 0 Å². The Labute approximate surface area is 84.2 Å².